The van der Waals surface area contributed by atoms with E-state index in [0.29, 0.717) is 4.71 Å². The summed E-state index contributed by atoms with van der Waals surface area (Å²) >= 11 is 2.05. The predicted octanol–water partition coefficient (Wildman–Crippen LogP) is 0.329. The molecule has 0 heterocycles. The Labute approximate surface area is 97.6 Å². The van der Waals surface area contributed by atoms with E-state index in [9.17, 15) is 0 Å². The number of unbranched alkanes of at least 4 members (excludes halogenated alkanes) is 4. The minimum absolute atomic E-state index is 0.326. The molecule has 1 atom stereocenters. The Balaban J connectivity index is 2.85. The number of nitrogens with two attached hydrogens (primary N) is 2. The standard InChI is InChI=1S/C10H24N3.Li/c11-7-4-2-1-3-5-9-13-10-6-8-12;/h8,13H,1-7,9-12H2;. The van der Waals surface area contributed by atoms with Crippen molar-refractivity contribution in [2.45, 2.75) is 43.2 Å². The van der Waals surface area contributed by atoms with Crippen LogP contribution in [0.5, 0.6) is 0 Å². The fourth-order valence-corrected chi connectivity index (χ4v) is 1.38. The SMILES string of the molecule is [Li][CH](N)CCNCCCCCCCN. The normalized spacial score (nSPS) is 13.1. The van der Waals surface area contributed by atoms with Gasteiger partial charge in [-0.05, 0) is 0 Å². The van der Waals surface area contributed by atoms with E-state index in [1.165, 1.54) is 32.1 Å². The molecule has 80 valence electrons. The zero-order valence-corrected chi connectivity index (χ0v) is 9.60. The van der Waals surface area contributed by atoms with Gasteiger partial charge < -0.3 is 0 Å². The molecule has 0 saturated carbocycles. The summed E-state index contributed by atoms with van der Waals surface area (Å²) in [7, 11) is 0. The van der Waals surface area contributed by atoms with Gasteiger partial charge in [0.1, 0.15) is 0 Å². The van der Waals surface area contributed by atoms with Crippen LogP contribution in [0.15, 0.2) is 0 Å². The maximum atomic E-state index is 5.64. The molecule has 0 bridgehead atoms. The van der Waals surface area contributed by atoms with Crippen molar-refractivity contribution in [2.24, 2.45) is 11.5 Å². The molecule has 0 aromatic heterocycles. The van der Waals surface area contributed by atoms with Crippen LogP contribution in [0.25, 0.3) is 0 Å². The van der Waals surface area contributed by atoms with Crippen molar-refractivity contribution in [3.8, 4) is 0 Å². The van der Waals surface area contributed by atoms with E-state index in [2.05, 4.69) is 23.0 Å². The number of rotatable bonds is 10. The second-order valence-corrected chi connectivity index (χ2v) is 4.07. The summed E-state index contributed by atoms with van der Waals surface area (Å²) in [6.07, 6.45) is 7.47. The summed E-state index contributed by atoms with van der Waals surface area (Å²) in [5, 5.41) is 3.40. The molecule has 0 aliphatic rings. The first-order chi connectivity index (χ1) is 6.77. The van der Waals surface area contributed by atoms with Gasteiger partial charge in [-0.15, -0.1) is 0 Å². The van der Waals surface area contributed by atoms with Gasteiger partial charge in [0.15, 0.2) is 0 Å². The average Bonchev–Trinajstić information content (AvgIpc) is 2.15. The van der Waals surface area contributed by atoms with E-state index in [-0.39, 0.29) is 0 Å². The summed E-state index contributed by atoms with van der Waals surface area (Å²) in [4.78, 5) is 0. The Kier molecular flexibility index (Phi) is 11.9. The van der Waals surface area contributed by atoms with E-state index >= 15 is 0 Å². The molecule has 3 nitrogen and oxygen atoms in total. The second-order valence-electron chi connectivity index (χ2n) is 4.07. The molecule has 0 spiro atoms. The number of hydrogen-bond donors (Lipinski definition) is 3. The van der Waals surface area contributed by atoms with Crippen LogP contribution in [0.2, 0.25) is 0 Å². The van der Waals surface area contributed by atoms with Gasteiger partial charge in [-0.25, -0.2) is 0 Å². The van der Waals surface area contributed by atoms with Gasteiger partial charge in [-0.3, -0.25) is 0 Å². The minimum atomic E-state index is 0.326. The molecule has 0 fully saturated rings. The van der Waals surface area contributed by atoms with E-state index in [0.717, 1.165) is 26.1 Å². The zero-order chi connectivity index (χ0) is 10.6. The van der Waals surface area contributed by atoms with Crippen molar-refractivity contribution in [3.63, 3.8) is 0 Å². The Hall–Kier alpha value is 0.477. The van der Waals surface area contributed by atoms with E-state index in [1.807, 2.05) is 0 Å². The van der Waals surface area contributed by atoms with Crippen molar-refractivity contribution in [2.75, 3.05) is 19.6 Å². The van der Waals surface area contributed by atoms with Gasteiger partial charge in [0.05, 0.1) is 0 Å². The summed E-state index contributed by atoms with van der Waals surface area (Å²) in [6.45, 7) is 3.03. The van der Waals surface area contributed by atoms with E-state index in [4.69, 9.17) is 11.5 Å². The zero-order valence-electron chi connectivity index (χ0n) is 9.60. The quantitative estimate of drug-likeness (QED) is 0.346. The molecule has 0 aromatic carbocycles. The molecule has 0 saturated heterocycles. The third-order valence-electron chi connectivity index (χ3n) is 2.33. The Morgan fingerprint density at radius 3 is 2.29 bits per heavy atom. The molecular formula is C10H24LiN3. The van der Waals surface area contributed by atoms with Crippen LogP contribution in [0.3, 0.4) is 0 Å². The van der Waals surface area contributed by atoms with Gasteiger partial charge >= 0.3 is 97.4 Å². The van der Waals surface area contributed by atoms with Gasteiger partial charge in [-0.1, -0.05) is 0 Å². The number of hydrogen-bond acceptors (Lipinski definition) is 3. The van der Waals surface area contributed by atoms with Crippen LogP contribution in [-0.4, -0.2) is 42.1 Å². The molecular weight excluding hydrogens is 169 g/mol. The summed E-state index contributed by atoms with van der Waals surface area (Å²) in [6, 6.07) is 0. The number of nitrogens with one attached hydrogen (secondary N) is 1. The van der Waals surface area contributed by atoms with Crippen molar-refractivity contribution >= 4 is 17.7 Å². The Bertz CT molecular complexity index is 110. The predicted molar refractivity (Wildman–Crippen MR) is 63.4 cm³/mol. The second kappa shape index (κ2) is 11.6. The molecule has 14 heavy (non-hydrogen) atoms. The first-order valence-electron chi connectivity index (χ1n) is 5.93. The molecule has 0 amide bonds. The topological polar surface area (TPSA) is 64.1 Å². The molecule has 0 aliphatic heterocycles. The molecule has 1 unspecified atom stereocenters. The molecule has 0 rings (SSSR count). The summed E-state index contributed by atoms with van der Waals surface area (Å²) in [5.74, 6) is 0. The first-order valence-corrected chi connectivity index (χ1v) is 5.93. The van der Waals surface area contributed by atoms with Crippen LogP contribution >= 0.6 is 0 Å². The van der Waals surface area contributed by atoms with Crippen molar-refractivity contribution < 1.29 is 0 Å². The van der Waals surface area contributed by atoms with Crippen LogP contribution in [-0.2, 0) is 0 Å². The van der Waals surface area contributed by atoms with E-state index < -0.39 is 0 Å². The molecule has 4 heteroatoms. The monoisotopic (exact) mass is 193 g/mol. The summed E-state index contributed by atoms with van der Waals surface area (Å²) < 4.78 is 0.326. The van der Waals surface area contributed by atoms with Crippen molar-refractivity contribution in [1.29, 1.82) is 0 Å². The molecule has 0 radical (unpaired) electrons. The average molecular weight is 193 g/mol. The third kappa shape index (κ3) is 12.5. The third-order valence-corrected chi connectivity index (χ3v) is 2.33. The molecule has 5 N–H and O–H groups in total. The summed E-state index contributed by atoms with van der Waals surface area (Å²) in [5.41, 5.74) is 11.0. The van der Waals surface area contributed by atoms with Gasteiger partial charge in [0.25, 0.3) is 0 Å². The maximum absolute atomic E-state index is 5.64. The van der Waals surface area contributed by atoms with E-state index in [1.54, 1.807) is 0 Å². The van der Waals surface area contributed by atoms with Gasteiger partial charge in [-0.2, -0.15) is 0 Å². The first kappa shape index (κ1) is 14.5. The van der Waals surface area contributed by atoms with Gasteiger partial charge in [0, 0.05) is 0 Å². The van der Waals surface area contributed by atoms with Crippen LogP contribution in [0.4, 0.5) is 0 Å². The Morgan fingerprint density at radius 2 is 1.64 bits per heavy atom. The fourth-order valence-electron chi connectivity index (χ4n) is 1.38. The van der Waals surface area contributed by atoms with Crippen LogP contribution in [0, 0.1) is 0 Å². The van der Waals surface area contributed by atoms with Gasteiger partial charge in [0.2, 0.25) is 0 Å². The molecule has 0 aliphatic carbocycles. The van der Waals surface area contributed by atoms with Crippen molar-refractivity contribution in [3.05, 3.63) is 0 Å². The Morgan fingerprint density at radius 1 is 1.00 bits per heavy atom. The van der Waals surface area contributed by atoms with Crippen LogP contribution < -0.4 is 16.8 Å². The van der Waals surface area contributed by atoms with Crippen LogP contribution in [0.1, 0.15) is 38.5 Å². The molecule has 0 aromatic rings. The fraction of sp³-hybridized carbons (Fsp3) is 1.00. The van der Waals surface area contributed by atoms with Crippen molar-refractivity contribution in [1.82, 2.24) is 5.32 Å².